The minimum atomic E-state index is -0.691. The Labute approximate surface area is 127 Å². The molecule has 0 aliphatic rings. The molecule has 21 heavy (non-hydrogen) atoms. The molecule has 2 amide bonds. The number of nitrogens with two attached hydrogens (primary N) is 1. The van der Waals surface area contributed by atoms with Crippen molar-refractivity contribution in [2.45, 2.75) is 34.6 Å². The number of amides is 2. The number of ether oxygens (including phenoxy) is 1. The Bertz CT molecular complexity index is 585. The van der Waals surface area contributed by atoms with Crippen molar-refractivity contribution in [2.24, 2.45) is 11.1 Å². The van der Waals surface area contributed by atoms with Crippen molar-refractivity contribution in [1.82, 2.24) is 0 Å². The van der Waals surface area contributed by atoms with E-state index < -0.39 is 17.3 Å². The first-order chi connectivity index (χ1) is 9.59. The summed E-state index contributed by atoms with van der Waals surface area (Å²) in [4.78, 5) is 35.8. The lowest BCUT2D eigenvalue weighted by atomic mass is 9.96. The molecule has 1 heterocycles. The van der Waals surface area contributed by atoms with Crippen LogP contribution in [0.2, 0.25) is 0 Å². The number of hydrogen-bond donors (Lipinski definition) is 2. The Morgan fingerprint density at radius 3 is 2.29 bits per heavy atom. The van der Waals surface area contributed by atoms with E-state index in [0.717, 1.165) is 11.3 Å². The van der Waals surface area contributed by atoms with Crippen LogP contribution in [-0.4, -0.2) is 24.4 Å². The van der Waals surface area contributed by atoms with E-state index in [-0.39, 0.29) is 28.0 Å². The van der Waals surface area contributed by atoms with Crippen molar-refractivity contribution >= 4 is 34.1 Å². The lowest BCUT2D eigenvalue weighted by Crippen LogP contribution is -2.28. The van der Waals surface area contributed by atoms with Crippen LogP contribution in [0.4, 0.5) is 5.00 Å². The molecule has 0 unspecified atom stereocenters. The van der Waals surface area contributed by atoms with E-state index in [4.69, 9.17) is 10.5 Å². The maximum absolute atomic E-state index is 12.1. The van der Waals surface area contributed by atoms with E-state index in [2.05, 4.69) is 5.32 Å². The highest BCUT2D eigenvalue weighted by atomic mass is 32.1. The van der Waals surface area contributed by atoms with Crippen molar-refractivity contribution in [2.75, 3.05) is 11.9 Å². The van der Waals surface area contributed by atoms with Crippen LogP contribution in [0.25, 0.3) is 0 Å². The van der Waals surface area contributed by atoms with E-state index in [1.54, 1.807) is 34.6 Å². The summed E-state index contributed by atoms with van der Waals surface area (Å²) in [5.74, 6) is -1.48. The van der Waals surface area contributed by atoms with Crippen molar-refractivity contribution in [3.63, 3.8) is 0 Å². The summed E-state index contributed by atoms with van der Waals surface area (Å²) in [6.45, 7) is 8.77. The molecule has 1 rings (SSSR count). The lowest BCUT2D eigenvalue weighted by molar-refractivity contribution is -0.123. The van der Waals surface area contributed by atoms with Crippen molar-refractivity contribution < 1.29 is 19.1 Å². The van der Waals surface area contributed by atoms with Crippen LogP contribution < -0.4 is 11.1 Å². The van der Waals surface area contributed by atoms with Gasteiger partial charge in [-0.05, 0) is 19.4 Å². The van der Waals surface area contributed by atoms with E-state index in [0.29, 0.717) is 5.56 Å². The van der Waals surface area contributed by atoms with Gasteiger partial charge in [0.1, 0.15) is 9.88 Å². The van der Waals surface area contributed by atoms with E-state index in [9.17, 15) is 14.4 Å². The first-order valence-corrected chi connectivity index (χ1v) is 7.33. The van der Waals surface area contributed by atoms with Gasteiger partial charge >= 0.3 is 5.97 Å². The average Bonchev–Trinajstić information content (AvgIpc) is 2.65. The third-order valence-electron chi connectivity index (χ3n) is 2.76. The lowest BCUT2D eigenvalue weighted by Gasteiger charge is -2.17. The van der Waals surface area contributed by atoms with Gasteiger partial charge in [-0.1, -0.05) is 20.8 Å². The number of carbonyl (C=O) groups excluding carboxylic acids is 3. The van der Waals surface area contributed by atoms with Gasteiger partial charge in [-0.2, -0.15) is 0 Å². The third-order valence-corrected chi connectivity index (χ3v) is 3.95. The van der Waals surface area contributed by atoms with Gasteiger partial charge < -0.3 is 15.8 Å². The summed E-state index contributed by atoms with van der Waals surface area (Å²) in [6, 6.07) is 0. The molecule has 0 aromatic carbocycles. The molecule has 1 aromatic rings. The molecule has 0 saturated heterocycles. The third kappa shape index (κ3) is 3.81. The fraction of sp³-hybridized carbons (Fsp3) is 0.500. The Balaban J connectivity index is 3.26. The van der Waals surface area contributed by atoms with Crippen LogP contribution >= 0.6 is 11.3 Å². The summed E-state index contributed by atoms with van der Waals surface area (Å²) in [5, 5.41) is 2.94. The van der Waals surface area contributed by atoms with E-state index in [1.807, 2.05) is 0 Å². The fourth-order valence-electron chi connectivity index (χ4n) is 1.58. The summed E-state index contributed by atoms with van der Waals surface area (Å²) < 4.78 is 4.94. The molecule has 6 nitrogen and oxygen atoms in total. The van der Waals surface area contributed by atoms with Gasteiger partial charge in [0, 0.05) is 5.41 Å². The maximum Gasteiger partial charge on any atom is 0.348 e. The molecular weight excluding hydrogens is 292 g/mol. The molecule has 3 N–H and O–H groups in total. The van der Waals surface area contributed by atoms with Gasteiger partial charge in [-0.15, -0.1) is 11.3 Å². The standard InChI is InChI=1S/C14H20N2O4S/c1-6-20-12(18)9-7(2)8(10(15)17)11(21-9)16-13(19)14(3,4)5/h6H2,1-5H3,(H2,15,17)(H,16,19). The van der Waals surface area contributed by atoms with Crippen LogP contribution in [0.1, 0.15) is 53.3 Å². The molecule has 0 radical (unpaired) electrons. The number of carbonyl (C=O) groups is 3. The van der Waals surface area contributed by atoms with E-state index >= 15 is 0 Å². The number of primary amides is 1. The van der Waals surface area contributed by atoms with Crippen LogP contribution in [0.15, 0.2) is 0 Å². The van der Waals surface area contributed by atoms with Crippen LogP contribution in [0, 0.1) is 12.3 Å². The molecule has 0 atom stereocenters. The minimum absolute atomic E-state index is 0.153. The van der Waals surface area contributed by atoms with E-state index in [1.165, 1.54) is 0 Å². The molecule has 1 aromatic heterocycles. The van der Waals surface area contributed by atoms with Crippen LogP contribution in [0.3, 0.4) is 0 Å². The smallest absolute Gasteiger partial charge is 0.348 e. The normalized spacial score (nSPS) is 11.1. The Hall–Kier alpha value is -1.89. The second kappa shape index (κ2) is 6.26. The van der Waals surface area contributed by atoms with Gasteiger partial charge in [0.15, 0.2) is 0 Å². The molecule has 0 bridgehead atoms. The molecule has 0 aliphatic carbocycles. The second-order valence-electron chi connectivity index (χ2n) is 5.55. The number of esters is 1. The SMILES string of the molecule is CCOC(=O)c1sc(NC(=O)C(C)(C)C)c(C(N)=O)c1C. The van der Waals surface area contributed by atoms with Gasteiger partial charge in [0.2, 0.25) is 5.91 Å². The average molecular weight is 312 g/mol. The Morgan fingerprint density at radius 2 is 1.86 bits per heavy atom. The minimum Gasteiger partial charge on any atom is -0.462 e. The van der Waals surface area contributed by atoms with Gasteiger partial charge in [-0.25, -0.2) is 4.79 Å². The zero-order chi connectivity index (χ0) is 16.4. The highest BCUT2D eigenvalue weighted by molar-refractivity contribution is 7.18. The number of hydrogen-bond acceptors (Lipinski definition) is 5. The fourth-order valence-corrected chi connectivity index (χ4v) is 2.68. The summed E-state index contributed by atoms with van der Waals surface area (Å²) >= 11 is 1.000. The molecular formula is C14H20N2O4S. The molecule has 0 fully saturated rings. The Kier molecular flexibility index (Phi) is 5.11. The van der Waals surface area contributed by atoms with Crippen molar-refractivity contribution in [1.29, 1.82) is 0 Å². The molecule has 7 heteroatoms. The second-order valence-corrected chi connectivity index (χ2v) is 6.57. The number of nitrogens with one attached hydrogen (secondary N) is 1. The zero-order valence-electron chi connectivity index (χ0n) is 12.8. The maximum atomic E-state index is 12.1. The predicted octanol–water partition coefficient (Wildman–Crippen LogP) is 2.32. The van der Waals surface area contributed by atoms with Gasteiger partial charge in [-0.3, -0.25) is 9.59 Å². The van der Waals surface area contributed by atoms with Crippen molar-refractivity contribution in [3.05, 3.63) is 16.0 Å². The molecule has 0 spiro atoms. The van der Waals surface area contributed by atoms with Crippen LogP contribution in [-0.2, 0) is 9.53 Å². The first kappa shape index (κ1) is 17.2. The Morgan fingerprint density at radius 1 is 1.29 bits per heavy atom. The number of anilines is 1. The number of thiophene rings is 1. The molecule has 0 saturated carbocycles. The highest BCUT2D eigenvalue weighted by Gasteiger charge is 2.28. The topological polar surface area (TPSA) is 98.5 Å². The van der Waals surface area contributed by atoms with Crippen LogP contribution in [0.5, 0.6) is 0 Å². The first-order valence-electron chi connectivity index (χ1n) is 6.51. The van der Waals surface area contributed by atoms with Gasteiger partial charge in [0.05, 0.1) is 12.2 Å². The molecule has 116 valence electrons. The summed E-state index contributed by atoms with van der Waals surface area (Å²) in [7, 11) is 0. The van der Waals surface area contributed by atoms with Gasteiger partial charge in [0.25, 0.3) is 5.91 Å². The summed E-state index contributed by atoms with van der Waals surface area (Å²) in [6.07, 6.45) is 0. The largest absolute Gasteiger partial charge is 0.462 e. The quantitative estimate of drug-likeness (QED) is 0.833. The predicted molar refractivity (Wildman–Crippen MR) is 81.6 cm³/mol. The zero-order valence-corrected chi connectivity index (χ0v) is 13.6. The number of rotatable bonds is 4. The highest BCUT2D eigenvalue weighted by Crippen LogP contribution is 2.34. The van der Waals surface area contributed by atoms with Crippen molar-refractivity contribution in [3.8, 4) is 0 Å². The molecule has 0 aliphatic heterocycles. The monoisotopic (exact) mass is 312 g/mol. The summed E-state index contributed by atoms with van der Waals surface area (Å²) in [5.41, 5.74) is 5.30.